The highest BCUT2D eigenvalue weighted by molar-refractivity contribution is 7.92. The molecule has 3 aromatic rings. The summed E-state index contributed by atoms with van der Waals surface area (Å²) in [7, 11) is -3.38. The summed E-state index contributed by atoms with van der Waals surface area (Å²) >= 11 is 0. The molecule has 2 atom stereocenters. The number of piperidine rings is 1. The molecule has 29 heavy (non-hydrogen) atoms. The van der Waals surface area contributed by atoms with Crippen LogP contribution >= 0.6 is 0 Å². The number of carbonyl (C=O) groups is 1. The van der Waals surface area contributed by atoms with Crippen molar-refractivity contribution in [1.82, 2.24) is 19.9 Å². The van der Waals surface area contributed by atoms with Crippen molar-refractivity contribution in [3.05, 3.63) is 54.6 Å². The smallest absolute Gasteiger partial charge is 0.244 e. The van der Waals surface area contributed by atoms with Crippen LogP contribution in [0.1, 0.15) is 25.7 Å². The first-order valence-electron chi connectivity index (χ1n) is 9.92. The van der Waals surface area contributed by atoms with Crippen LogP contribution in [-0.2, 0) is 21.2 Å². The minimum Gasteiger partial charge on any atom is -0.335 e. The number of fused-ring (bicyclic) bond motifs is 3. The third kappa shape index (κ3) is 3.11. The number of carbonyl (C=O) groups excluding carboxylic acids is 1. The Labute approximate surface area is 169 Å². The zero-order chi connectivity index (χ0) is 20.0. The van der Waals surface area contributed by atoms with E-state index in [1.165, 1.54) is 0 Å². The summed E-state index contributed by atoms with van der Waals surface area (Å²) in [6, 6.07) is 16.1. The summed E-state index contributed by atoms with van der Waals surface area (Å²) in [5.74, 6) is -0.0105. The van der Waals surface area contributed by atoms with Gasteiger partial charge >= 0.3 is 0 Å². The van der Waals surface area contributed by atoms with Crippen LogP contribution in [0.2, 0.25) is 0 Å². The van der Waals surface area contributed by atoms with Crippen LogP contribution in [0.4, 0.5) is 0 Å². The maximum absolute atomic E-state index is 13.1. The number of hydrogen-bond donors (Lipinski definition) is 0. The Hall–Kier alpha value is -2.74. The van der Waals surface area contributed by atoms with Crippen LogP contribution in [0.15, 0.2) is 59.5 Å². The van der Waals surface area contributed by atoms with Crippen LogP contribution in [0, 0.1) is 0 Å². The van der Waals surface area contributed by atoms with Gasteiger partial charge in [-0.2, -0.15) is 0 Å². The van der Waals surface area contributed by atoms with Crippen LogP contribution in [0.25, 0.3) is 11.0 Å². The largest absolute Gasteiger partial charge is 0.335 e. The zero-order valence-electron chi connectivity index (χ0n) is 15.9. The van der Waals surface area contributed by atoms with Gasteiger partial charge in [0.05, 0.1) is 15.7 Å². The maximum Gasteiger partial charge on any atom is 0.244 e. The second kappa shape index (κ2) is 6.95. The van der Waals surface area contributed by atoms with Gasteiger partial charge in [0.25, 0.3) is 0 Å². The van der Waals surface area contributed by atoms with Crippen molar-refractivity contribution in [3.63, 3.8) is 0 Å². The minimum atomic E-state index is -3.38. The van der Waals surface area contributed by atoms with Crippen molar-refractivity contribution in [3.8, 4) is 0 Å². The molecule has 2 bridgehead atoms. The van der Waals surface area contributed by atoms with Gasteiger partial charge in [-0.1, -0.05) is 35.5 Å². The molecule has 0 saturated carbocycles. The van der Waals surface area contributed by atoms with Gasteiger partial charge in [-0.15, -0.1) is 5.10 Å². The van der Waals surface area contributed by atoms with E-state index in [-0.39, 0.29) is 24.5 Å². The van der Waals surface area contributed by atoms with Crippen molar-refractivity contribution in [2.75, 3.05) is 0 Å². The summed E-state index contributed by atoms with van der Waals surface area (Å²) in [6.45, 7) is 0.129. The lowest BCUT2D eigenvalue weighted by Crippen LogP contribution is -2.50. The molecule has 3 heterocycles. The van der Waals surface area contributed by atoms with Crippen molar-refractivity contribution < 1.29 is 13.2 Å². The molecule has 0 aliphatic carbocycles. The summed E-state index contributed by atoms with van der Waals surface area (Å²) in [6.07, 6.45) is 2.71. The highest BCUT2D eigenvalue weighted by Gasteiger charge is 2.47. The molecular formula is C21H22N4O3S. The second-order valence-electron chi connectivity index (χ2n) is 7.87. The second-order valence-corrected chi connectivity index (χ2v) is 10.1. The average molecular weight is 410 g/mol. The Bertz CT molecular complexity index is 1140. The van der Waals surface area contributed by atoms with Crippen molar-refractivity contribution in [2.45, 2.75) is 54.5 Å². The molecule has 7 nitrogen and oxygen atoms in total. The molecule has 2 aliphatic heterocycles. The normalized spacial score (nSPS) is 24.1. The molecule has 2 saturated heterocycles. The van der Waals surface area contributed by atoms with Gasteiger partial charge < -0.3 is 4.90 Å². The summed E-state index contributed by atoms with van der Waals surface area (Å²) < 4.78 is 27.7. The summed E-state index contributed by atoms with van der Waals surface area (Å²) in [4.78, 5) is 15.4. The number of amides is 1. The number of aromatic nitrogens is 3. The van der Waals surface area contributed by atoms with Crippen LogP contribution in [0.3, 0.4) is 0 Å². The molecule has 0 N–H and O–H groups in total. The number of hydrogen-bond acceptors (Lipinski definition) is 5. The number of sulfone groups is 1. The van der Waals surface area contributed by atoms with Crippen molar-refractivity contribution in [1.29, 1.82) is 0 Å². The Balaban J connectivity index is 1.35. The van der Waals surface area contributed by atoms with Gasteiger partial charge in [-0.3, -0.25) is 4.79 Å². The zero-order valence-corrected chi connectivity index (χ0v) is 16.7. The molecule has 2 aromatic carbocycles. The van der Waals surface area contributed by atoms with E-state index in [4.69, 9.17) is 0 Å². The highest BCUT2D eigenvalue weighted by Crippen LogP contribution is 2.40. The molecular weight excluding hydrogens is 388 g/mol. The third-order valence-corrected chi connectivity index (χ3v) is 8.39. The summed E-state index contributed by atoms with van der Waals surface area (Å²) in [5, 5.41) is 7.80. The van der Waals surface area contributed by atoms with E-state index in [2.05, 4.69) is 10.3 Å². The van der Waals surface area contributed by atoms with E-state index in [0.717, 1.165) is 23.9 Å². The molecule has 8 heteroatoms. The lowest BCUT2D eigenvalue weighted by atomic mass is 10.0. The molecule has 0 spiro atoms. The fraction of sp³-hybridized carbons (Fsp3) is 0.381. The van der Waals surface area contributed by atoms with Crippen molar-refractivity contribution in [2.24, 2.45) is 0 Å². The van der Waals surface area contributed by atoms with Crippen LogP contribution < -0.4 is 0 Å². The molecule has 150 valence electrons. The molecule has 1 aromatic heterocycles. The van der Waals surface area contributed by atoms with E-state index >= 15 is 0 Å². The molecule has 0 unspecified atom stereocenters. The van der Waals surface area contributed by atoms with E-state index < -0.39 is 15.1 Å². The first-order chi connectivity index (χ1) is 14.0. The highest BCUT2D eigenvalue weighted by atomic mass is 32.2. The predicted octanol–water partition coefficient (Wildman–Crippen LogP) is 2.43. The Morgan fingerprint density at radius 3 is 2.34 bits per heavy atom. The number of nitrogens with zero attached hydrogens (tertiary/aromatic N) is 4. The summed E-state index contributed by atoms with van der Waals surface area (Å²) in [5.41, 5.74) is 1.59. The Morgan fingerprint density at radius 2 is 1.62 bits per heavy atom. The van der Waals surface area contributed by atoms with Gasteiger partial charge in [0, 0.05) is 12.1 Å². The lowest BCUT2D eigenvalue weighted by Gasteiger charge is -2.38. The van der Waals surface area contributed by atoms with Crippen LogP contribution in [0.5, 0.6) is 0 Å². The first-order valence-corrected chi connectivity index (χ1v) is 11.5. The van der Waals surface area contributed by atoms with Gasteiger partial charge in [-0.05, 0) is 49.9 Å². The number of benzene rings is 2. The minimum absolute atomic E-state index is 0.0105. The number of rotatable bonds is 4. The first kappa shape index (κ1) is 18.3. The Morgan fingerprint density at radius 1 is 0.966 bits per heavy atom. The van der Waals surface area contributed by atoms with Gasteiger partial charge in [0.15, 0.2) is 9.84 Å². The maximum atomic E-state index is 13.1. The average Bonchev–Trinajstić information content (AvgIpc) is 3.26. The third-order valence-electron chi connectivity index (χ3n) is 6.19. The van der Waals surface area contributed by atoms with E-state index in [9.17, 15) is 13.2 Å². The van der Waals surface area contributed by atoms with Gasteiger partial charge in [0.1, 0.15) is 12.1 Å². The quantitative estimate of drug-likeness (QED) is 0.659. The molecule has 0 radical (unpaired) electrons. The standard InChI is InChI=1S/C21H22N4O3S/c26-21(14-24-20-9-5-4-8-19(20)22-23-24)25-15-10-11-16(25)13-18(12-15)29(27,28)17-6-2-1-3-7-17/h1-9,15-16,18H,10-14H2/t15-,16-/m1/s1. The van der Waals surface area contributed by atoms with E-state index in [0.29, 0.717) is 17.7 Å². The molecule has 5 rings (SSSR count). The van der Waals surface area contributed by atoms with Gasteiger partial charge in [-0.25, -0.2) is 13.1 Å². The number of para-hydroxylation sites is 1. The predicted molar refractivity (Wildman–Crippen MR) is 108 cm³/mol. The fourth-order valence-electron chi connectivity index (χ4n) is 4.83. The monoisotopic (exact) mass is 410 g/mol. The molecule has 2 fully saturated rings. The lowest BCUT2D eigenvalue weighted by molar-refractivity contribution is -0.136. The Kier molecular flexibility index (Phi) is 4.38. The van der Waals surface area contributed by atoms with E-state index in [1.807, 2.05) is 35.2 Å². The van der Waals surface area contributed by atoms with E-state index in [1.54, 1.807) is 28.9 Å². The molecule has 1 amide bonds. The van der Waals surface area contributed by atoms with Crippen molar-refractivity contribution >= 4 is 26.8 Å². The van der Waals surface area contributed by atoms with Crippen LogP contribution in [-0.4, -0.2) is 51.6 Å². The molecule has 2 aliphatic rings. The van der Waals surface area contributed by atoms with Gasteiger partial charge in [0.2, 0.25) is 5.91 Å². The topological polar surface area (TPSA) is 85.2 Å². The fourth-order valence-corrected chi connectivity index (χ4v) is 6.71. The SMILES string of the molecule is O=C(Cn1nnc2ccccc21)N1[C@@H]2CC[C@@H]1CC(S(=O)(=O)c1ccccc1)C2.